The van der Waals surface area contributed by atoms with Gasteiger partial charge in [0.25, 0.3) is 0 Å². The van der Waals surface area contributed by atoms with Crippen LogP contribution in [0, 0.1) is 0 Å². The normalized spacial score (nSPS) is 12.8. The van der Waals surface area contributed by atoms with Crippen molar-refractivity contribution in [3.8, 4) is 5.75 Å². The number of ether oxygens (including phenoxy) is 1. The molecular weight excluding hydrogens is 214 g/mol. The van der Waals surface area contributed by atoms with E-state index in [1.54, 1.807) is 6.20 Å². The van der Waals surface area contributed by atoms with Crippen LogP contribution < -0.4 is 10.1 Å². The van der Waals surface area contributed by atoms with E-state index < -0.39 is 0 Å². The Labute approximate surface area is 104 Å². The van der Waals surface area contributed by atoms with Crippen LogP contribution in [0.1, 0.15) is 25.5 Å². The lowest BCUT2D eigenvalue weighted by Crippen LogP contribution is -2.31. The minimum Gasteiger partial charge on any atom is -0.492 e. The van der Waals surface area contributed by atoms with Crippen molar-refractivity contribution in [2.45, 2.75) is 19.9 Å². The maximum atomic E-state index is 5.48. The summed E-state index contributed by atoms with van der Waals surface area (Å²) in [6.07, 6.45) is 3.66. The van der Waals surface area contributed by atoms with E-state index in [9.17, 15) is 0 Å². The fraction of sp³-hybridized carbons (Fsp3) is 0.615. The monoisotopic (exact) mass is 237 g/mol. The maximum absolute atomic E-state index is 5.48. The fourth-order valence-electron chi connectivity index (χ4n) is 1.77. The highest BCUT2D eigenvalue weighted by Gasteiger charge is 2.12. The highest BCUT2D eigenvalue weighted by molar-refractivity contribution is 5.26. The summed E-state index contributed by atoms with van der Waals surface area (Å²) in [7, 11) is 4.15. The van der Waals surface area contributed by atoms with Gasteiger partial charge in [0, 0.05) is 18.8 Å². The minimum absolute atomic E-state index is 0.294. The van der Waals surface area contributed by atoms with Crippen LogP contribution in [0.2, 0.25) is 0 Å². The zero-order valence-corrected chi connectivity index (χ0v) is 11.2. The maximum Gasteiger partial charge on any atom is 0.137 e. The molecule has 0 bridgehead atoms. The second-order valence-corrected chi connectivity index (χ2v) is 4.26. The summed E-state index contributed by atoms with van der Waals surface area (Å²) in [5.74, 6) is 0.839. The van der Waals surface area contributed by atoms with Crippen molar-refractivity contribution in [3.63, 3.8) is 0 Å². The largest absolute Gasteiger partial charge is 0.492 e. The van der Waals surface area contributed by atoms with Crippen molar-refractivity contribution in [2.24, 2.45) is 0 Å². The topological polar surface area (TPSA) is 37.4 Å². The lowest BCUT2D eigenvalue weighted by molar-refractivity contribution is 0.331. The number of likely N-dealkylation sites (N-methyl/N-ethyl adjacent to an activating group) is 2. The first-order valence-corrected chi connectivity index (χ1v) is 6.13. The Morgan fingerprint density at radius 2 is 2.12 bits per heavy atom. The number of rotatable bonds is 7. The molecule has 4 nitrogen and oxygen atoms in total. The Morgan fingerprint density at radius 3 is 2.71 bits per heavy atom. The van der Waals surface area contributed by atoms with Crippen LogP contribution in [-0.2, 0) is 0 Å². The van der Waals surface area contributed by atoms with Gasteiger partial charge in [-0.1, -0.05) is 6.92 Å². The number of pyridine rings is 1. The molecule has 1 rings (SSSR count). The average molecular weight is 237 g/mol. The van der Waals surface area contributed by atoms with Crippen LogP contribution in [0.5, 0.6) is 5.75 Å². The van der Waals surface area contributed by atoms with Crippen molar-refractivity contribution >= 4 is 0 Å². The first kappa shape index (κ1) is 13.9. The van der Waals surface area contributed by atoms with Crippen LogP contribution in [0.15, 0.2) is 18.5 Å². The molecule has 0 radical (unpaired) electrons. The first-order valence-electron chi connectivity index (χ1n) is 6.13. The van der Waals surface area contributed by atoms with Gasteiger partial charge in [0.15, 0.2) is 0 Å². The van der Waals surface area contributed by atoms with E-state index in [1.807, 2.05) is 13.1 Å². The van der Waals surface area contributed by atoms with E-state index in [0.29, 0.717) is 12.6 Å². The molecule has 1 atom stereocenters. The second kappa shape index (κ2) is 7.25. The van der Waals surface area contributed by atoms with E-state index in [0.717, 1.165) is 18.8 Å². The summed E-state index contributed by atoms with van der Waals surface area (Å²) in [4.78, 5) is 6.40. The molecule has 0 aliphatic carbocycles. The van der Waals surface area contributed by atoms with Crippen LogP contribution in [0.25, 0.3) is 0 Å². The predicted octanol–water partition coefficient (Wildman–Crippen LogP) is 1.69. The quantitative estimate of drug-likeness (QED) is 0.783. The molecule has 1 aromatic rings. The summed E-state index contributed by atoms with van der Waals surface area (Å²) in [5, 5.41) is 3.46. The lowest BCUT2D eigenvalue weighted by Gasteiger charge is -2.22. The highest BCUT2D eigenvalue weighted by atomic mass is 16.5. The average Bonchev–Trinajstić information content (AvgIpc) is 2.29. The third-order valence-electron chi connectivity index (χ3n) is 2.45. The molecule has 1 N–H and O–H groups in total. The molecule has 1 heterocycles. The highest BCUT2D eigenvalue weighted by Crippen LogP contribution is 2.18. The molecule has 0 aromatic carbocycles. The molecule has 0 aliphatic heterocycles. The SMILES string of the molecule is CCNC(CN(C)C)c1cncc(OCC)c1. The Kier molecular flexibility index (Phi) is 5.94. The Hall–Kier alpha value is -1.13. The Bertz CT molecular complexity index is 328. The number of aromatic nitrogens is 1. The first-order chi connectivity index (χ1) is 8.17. The van der Waals surface area contributed by atoms with Crippen molar-refractivity contribution < 1.29 is 4.74 Å². The van der Waals surface area contributed by atoms with Gasteiger partial charge < -0.3 is 15.0 Å². The number of nitrogens with zero attached hydrogens (tertiary/aromatic N) is 2. The van der Waals surface area contributed by atoms with Gasteiger partial charge in [0.1, 0.15) is 5.75 Å². The van der Waals surface area contributed by atoms with Gasteiger partial charge in [-0.25, -0.2) is 0 Å². The van der Waals surface area contributed by atoms with Crippen LogP contribution >= 0.6 is 0 Å². The van der Waals surface area contributed by atoms with Crippen molar-refractivity contribution in [1.29, 1.82) is 0 Å². The molecule has 0 saturated carbocycles. The number of nitrogens with one attached hydrogen (secondary N) is 1. The van der Waals surface area contributed by atoms with Crippen molar-refractivity contribution in [2.75, 3.05) is 33.8 Å². The molecule has 0 amide bonds. The summed E-state index contributed by atoms with van der Waals surface area (Å²) >= 11 is 0. The molecule has 1 aromatic heterocycles. The van der Waals surface area contributed by atoms with Gasteiger partial charge in [-0.05, 0) is 39.2 Å². The van der Waals surface area contributed by atoms with Gasteiger partial charge in [-0.2, -0.15) is 0 Å². The number of hydrogen-bond donors (Lipinski definition) is 1. The summed E-state index contributed by atoms with van der Waals surface area (Å²) in [5.41, 5.74) is 1.17. The summed E-state index contributed by atoms with van der Waals surface area (Å²) in [6, 6.07) is 2.36. The minimum atomic E-state index is 0.294. The molecule has 1 unspecified atom stereocenters. The van der Waals surface area contributed by atoms with Gasteiger partial charge in [-0.3, -0.25) is 4.98 Å². The molecule has 4 heteroatoms. The second-order valence-electron chi connectivity index (χ2n) is 4.26. The van der Waals surface area contributed by atoms with Crippen LogP contribution in [0.4, 0.5) is 0 Å². The number of hydrogen-bond acceptors (Lipinski definition) is 4. The zero-order valence-electron chi connectivity index (χ0n) is 11.2. The van der Waals surface area contributed by atoms with Crippen molar-refractivity contribution in [1.82, 2.24) is 15.2 Å². The van der Waals surface area contributed by atoms with Crippen LogP contribution in [-0.4, -0.2) is 43.7 Å². The predicted molar refractivity (Wildman–Crippen MR) is 70.4 cm³/mol. The standard InChI is InChI=1S/C13H23N3O/c1-5-15-13(10-16(3)4)11-7-12(17-6-2)9-14-8-11/h7-9,13,15H,5-6,10H2,1-4H3. The molecule has 17 heavy (non-hydrogen) atoms. The Morgan fingerprint density at radius 1 is 1.35 bits per heavy atom. The molecule has 0 saturated heterocycles. The molecule has 0 aliphatic rings. The van der Waals surface area contributed by atoms with Gasteiger partial charge in [0.05, 0.1) is 12.8 Å². The van der Waals surface area contributed by atoms with E-state index >= 15 is 0 Å². The molecular formula is C13H23N3O. The van der Waals surface area contributed by atoms with E-state index in [2.05, 4.69) is 42.3 Å². The van der Waals surface area contributed by atoms with Gasteiger partial charge in [-0.15, -0.1) is 0 Å². The zero-order chi connectivity index (χ0) is 12.7. The van der Waals surface area contributed by atoms with E-state index in [1.165, 1.54) is 5.56 Å². The van der Waals surface area contributed by atoms with Gasteiger partial charge in [0.2, 0.25) is 0 Å². The summed E-state index contributed by atoms with van der Waals surface area (Å²) in [6.45, 7) is 6.66. The van der Waals surface area contributed by atoms with Crippen molar-refractivity contribution in [3.05, 3.63) is 24.0 Å². The van der Waals surface area contributed by atoms with E-state index in [4.69, 9.17) is 4.74 Å². The smallest absolute Gasteiger partial charge is 0.137 e. The molecule has 0 spiro atoms. The van der Waals surface area contributed by atoms with E-state index in [-0.39, 0.29) is 0 Å². The Balaban J connectivity index is 2.81. The van der Waals surface area contributed by atoms with Crippen LogP contribution in [0.3, 0.4) is 0 Å². The van der Waals surface area contributed by atoms with Gasteiger partial charge >= 0.3 is 0 Å². The summed E-state index contributed by atoms with van der Waals surface area (Å²) < 4.78 is 5.48. The lowest BCUT2D eigenvalue weighted by atomic mass is 10.1. The molecule has 0 fully saturated rings. The fourth-order valence-corrected chi connectivity index (χ4v) is 1.77. The molecule has 96 valence electrons. The third kappa shape index (κ3) is 4.71. The third-order valence-corrected chi connectivity index (χ3v) is 2.45.